The number of aryl methyl sites for hydroxylation is 1. The molecule has 60 valence electrons. The SMILES string of the molecule is Cc1cn(N)c(=O)n(C)c1=O. The first-order chi connectivity index (χ1) is 5.04. The highest BCUT2D eigenvalue weighted by Gasteiger charge is 2.00. The molecule has 0 spiro atoms. The molecule has 0 aromatic carbocycles. The van der Waals surface area contributed by atoms with Crippen molar-refractivity contribution < 1.29 is 0 Å². The second kappa shape index (κ2) is 2.26. The molecule has 0 unspecified atom stereocenters. The zero-order valence-electron chi connectivity index (χ0n) is 6.37. The van der Waals surface area contributed by atoms with Gasteiger partial charge in [-0.25, -0.2) is 9.47 Å². The molecule has 0 amide bonds. The molecule has 0 atom stereocenters. The van der Waals surface area contributed by atoms with E-state index in [4.69, 9.17) is 5.84 Å². The van der Waals surface area contributed by atoms with Gasteiger partial charge in [0.15, 0.2) is 0 Å². The maximum atomic E-state index is 11.0. The predicted octanol–water partition coefficient (Wildman–Crippen LogP) is -1.43. The van der Waals surface area contributed by atoms with Crippen molar-refractivity contribution in [3.05, 3.63) is 32.6 Å². The van der Waals surface area contributed by atoms with Crippen molar-refractivity contribution in [3.8, 4) is 0 Å². The van der Waals surface area contributed by atoms with Crippen LogP contribution >= 0.6 is 0 Å². The van der Waals surface area contributed by atoms with Crippen molar-refractivity contribution in [3.63, 3.8) is 0 Å². The van der Waals surface area contributed by atoms with Gasteiger partial charge in [0.2, 0.25) is 0 Å². The summed E-state index contributed by atoms with van der Waals surface area (Å²) in [6.45, 7) is 1.60. The largest absolute Gasteiger partial charge is 0.349 e. The molecule has 1 heterocycles. The number of rotatable bonds is 0. The molecule has 0 radical (unpaired) electrons. The van der Waals surface area contributed by atoms with Gasteiger partial charge in [-0.2, -0.15) is 0 Å². The first-order valence-electron chi connectivity index (χ1n) is 3.08. The number of aromatic nitrogens is 2. The van der Waals surface area contributed by atoms with Crippen LogP contribution in [0.5, 0.6) is 0 Å². The zero-order chi connectivity index (χ0) is 8.59. The molecule has 5 heteroatoms. The molecular weight excluding hydrogens is 146 g/mol. The Bertz CT molecular complexity index is 354. The Kier molecular flexibility index (Phi) is 1.56. The summed E-state index contributed by atoms with van der Waals surface area (Å²) in [5.41, 5.74) is -0.369. The van der Waals surface area contributed by atoms with E-state index in [1.54, 1.807) is 6.92 Å². The van der Waals surface area contributed by atoms with Crippen molar-refractivity contribution in [2.24, 2.45) is 7.05 Å². The summed E-state index contributed by atoms with van der Waals surface area (Å²) < 4.78 is 1.85. The van der Waals surface area contributed by atoms with Crippen LogP contribution in [0.4, 0.5) is 0 Å². The van der Waals surface area contributed by atoms with Crippen LogP contribution in [0.15, 0.2) is 15.8 Å². The molecule has 0 aliphatic rings. The third kappa shape index (κ3) is 1.04. The Morgan fingerprint density at radius 3 is 2.55 bits per heavy atom. The molecule has 0 aliphatic carbocycles. The molecule has 1 rings (SSSR count). The topological polar surface area (TPSA) is 70.0 Å². The van der Waals surface area contributed by atoms with Crippen molar-refractivity contribution in [1.82, 2.24) is 9.24 Å². The van der Waals surface area contributed by atoms with Gasteiger partial charge in [0.1, 0.15) is 0 Å². The zero-order valence-corrected chi connectivity index (χ0v) is 6.37. The van der Waals surface area contributed by atoms with Gasteiger partial charge in [-0.3, -0.25) is 9.36 Å². The minimum absolute atomic E-state index is 0.309. The lowest BCUT2D eigenvalue weighted by atomic mass is 10.4. The summed E-state index contributed by atoms with van der Waals surface area (Å²) in [5.74, 6) is 5.23. The number of hydrogen-bond donors (Lipinski definition) is 1. The fourth-order valence-corrected chi connectivity index (χ4v) is 0.844. The standard InChI is InChI=1S/C6H9N3O2/c1-4-3-9(7)6(11)8(2)5(4)10/h3H,7H2,1-2H3. The Morgan fingerprint density at radius 1 is 1.45 bits per heavy atom. The third-order valence-corrected chi connectivity index (χ3v) is 1.48. The lowest BCUT2D eigenvalue weighted by Crippen LogP contribution is -2.41. The Labute approximate surface area is 62.7 Å². The van der Waals surface area contributed by atoms with Crippen molar-refractivity contribution in [2.45, 2.75) is 6.92 Å². The fourth-order valence-electron chi connectivity index (χ4n) is 0.844. The molecule has 1 aromatic rings. The predicted molar refractivity (Wildman–Crippen MR) is 40.8 cm³/mol. The highest BCUT2D eigenvalue weighted by atomic mass is 16.2. The van der Waals surface area contributed by atoms with Gasteiger partial charge in [-0.15, -0.1) is 0 Å². The van der Waals surface area contributed by atoms with Crippen LogP contribution in [-0.4, -0.2) is 9.24 Å². The van der Waals surface area contributed by atoms with E-state index in [-0.39, 0.29) is 5.56 Å². The van der Waals surface area contributed by atoms with Crippen LogP contribution in [0.25, 0.3) is 0 Å². The van der Waals surface area contributed by atoms with Crippen LogP contribution in [0.1, 0.15) is 5.56 Å². The summed E-state index contributed by atoms with van der Waals surface area (Å²) in [5, 5.41) is 0. The summed E-state index contributed by atoms with van der Waals surface area (Å²) in [6.07, 6.45) is 1.31. The Morgan fingerprint density at radius 2 is 2.00 bits per heavy atom. The first kappa shape index (κ1) is 7.59. The Hall–Kier alpha value is -1.52. The highest BCUT2D eigenvalue weighted by Crippen LogP contribution is 1.78. The molecule has 0 saturated heterocycles. The monoisotopic (exact) mass is 155 g/mol. The quantitative estimate of drug-likeness (QED) is 0.467. The van der Waals surface area contributed by atoms with E-state index in [0.717, 1.165) is 9.24 Å². The number of hydrogen-bond acceptors (Lipinski definition) is 3. The summed E-state index contributed by atoms with van der Waals surface area (Å²) in [6, 6.07) is 0. The van der Waals surface area contributed by atoms with Crippen molar-refractivity contribution >= 4 is 0 Å². The van der Waals surface area contributed by atoms with Crippen LogP contribution in [0.2, 0.25) is 0 Å². The van der Waals surface area contributed by atoms with Crippen molar-refractivity contribution in [2.75, 3.05) is 5.84 Å². The minimum Gasteiger partial charge on any atom is -0.335 e. The molecule has 0 saturated carbocycles. The number of nitrogen functional groups attached to an aromatic ring is 1. The lowest BCUT2D eigenvalue weighted by Gasteiger charge is -2.01. The van der Waals surface area contributed by atoms with Crippen LogP contribution in [0, 0.1) is 6.92 Å². The average Bonchev–Trinajstić information content (AvgIpc) is 1.97. The number of nitrogens with zero attached hydrogens (tertiary/aromatic N) is 2. The first-order valence-corrected chi connectivity index (χ1v) is 3.08. The van der Waals surface area contributed by atoms with Gasteiger partial charge in [-0.1, -0.05) is 0 Å². The normalized spacial score (nSPS) is 10.0. The van der Waals surface area contributed by atoms with Gasteiger partial charge in [0.25, 0.3) is 5.56 Å². The maximum absolute atomic E-state index is 11.0. The average molecular weight is 155 g/mol. The molecule has 0 fully saturated rings. The van der Waals surface area contributed by atoms with Gasteiger partial charge < -0.3 is 5.84 Å². The maximum Gasteiger partial charge on any atom is 0.349 e. The van der Waals surface area contributed by atoms with E-state index in [2.05, 4.69) is 0 Å². The molecule has 0 bridgehead atoms. The smallest absolute Gasteiger partial charge is 0.335 e. The summed E-state index contributed by atoms with van der Waals surface area (Å²) in [7, 11) is 1.39. The minimum atomic E-state index is -0.513. The highest BCUT2D eigenvalue weighted by molar-refractivity contribution is 5.01. The number of nitrogens with two attached hydrogens (primary N) is 1. The third-order valence-electron chi connectivity index (χ3n) is 1.48. The molecule has 1 aromatic heterocycles. The Balaban J connectivity index is 3.74. The summed E-state index contributed by atoms with van der Waals surface area (Å²) in [4.78, 5) is 22.0. The van der Waals surface area contributed by atoms with Crippen LogP contribution in [-0.2, 0) is 7.05 Å². The van der Waals surface area contributed by atoms with Gasteiger partial charge in [0, 0.05) is 18.8 Å². The second-order valence-electron chi connectivity index (χ2n) is 2.37. The van der Waals surface area contributed by atoms with Crippen LogP contribution in [0.3, 0.4) is 0 Å². The van der Waals surface area contributed by atoms with E-state index >= 15 is 0 Å². The van der Waals surface area contributed by atoms with E-state index in [9.17, 15) is 9.59 Å². The van der Waals surface area contributed by atoms with E-state index in [1.165, 1.54) is 13.2 Å². The molecule has 2 N–H and O–H groups in total. The molecule has 5 nitrogen and oxygen atoms in total. The molecule has 0 aliphatic heterocycles. The fraction of sp³-hybridized carbons (Fsp3) is 0.333. The van der Waals surface area contributed by atoms with Crippen LogP contribution < -0.4 is 17.1 Å². The van der Waals surface area contributed by atoms with E-state index < -0.39 is 5.69 Å². The molecule has 11 heavy (non-hydrogen) atoms. The molecular formula is C6H9N3O2. The van der Waals surface area contributed by atoms with Gasteiger partial charge in [0.05, 0.1) is 0 Å². The lowest BCUT2D eigenvalue weighted by molar-refractivity contribution is 0.702. The van der Waals surface area contributed by atoms with Gasteiger partial charge in [-0.05, 0) is 6.92 Å². The van der Waals surface area contributed by atoms with E-state index in [0.29, 0.717) is 5.56 Å². The van der Waals surface area contributed by atoms with E-state index in [1.807, 2.05) is 0 Å². The second-order valence-corrected chi connectivity index (χ2v) is 2.37. The summed E-state index contributed by atoms with van der Waals surface area (Å²) >= 11 is 0. The van der Waals surface area contributed by atoms with Crippen molar-refractivity contribution in [1.29, 1.82) is 0 Å². The van der Waals surface area contributed by atoms with Gasteiger partial charge >= 0.3 is 5.69 Å².